The zero-order valence-corrected chi connectivity index (χ0v) is 13.5. The third-order valence-corrected chi connectivity index (χ3v) is 5.10. The Kier molecular flexibility index (Phi) is 4.91. The summed E-state index contributed by atoms with van der Waals surface area (Å²) in [7, 11) is 2.11. The summed E-state index contributed by atoms with van der Waals surface area (Å²) in [6.45, 7) is 14.5. The van der Waals surface area contributed by atoms with Gasteiger partial charge in [-0.1, -0.05) is 12.8 Å². The second-order valence-corrected chi connectivity index (χ2v) is 7.67. The van der Waals surface area contributed by atoms with Gasteiger partial charge >= 0.3 is 0 Å². The number of hydrogen-bond donors (Lipinski definition) is 1. The summed E-state index contributed by atoms with van der Waals surface area (Å²) in [6, 6.07) is 0. The number of hydrogen-bond acceptors (Lipinski definition) is 3. The van der Waals surface area contributed by atoms with Crippen molar-refractivity contribution in [2.45, 2.75) is 52.0 Å². The minimum atomic E-state index is 0.335. The topological polar surface area (TPSA) is 18.5 Å². The zero-order valence-electron chi connectivity index (χ0n) is 13.5. The molecule has 0 unspecified atom stereocenters. The van der Waals surface area contributed by atoms with Gasteiger partial charge in [-0.15, -0.1) is 0 Å². The van der Waals surface area contributed by atoms with E-state index in [1.807, 2.05) is 0 Å². The second-order valence-electron chi connectivity index (χ2n) is 7.67. The maximum Gasteiger partial charge on any atom is 0.0126 e. The van der Waals surface area contributed by atoms with Crippen molar-refractivity contribution in [3.05, 3.63) is 0 Å². The van der Waals surface area contributed by atoms with Gasteiger partial charge in [0.05, 0.1) is 0 Å². The van der Waals surface area contributed by atoms with Gasteiger partial charge < -0.3 is 10.2 Å². The lowest BCUT2D eigenvalue weighted by atomic mass is 9.85. The molecule has 112 valence electrons. The molecule has 0 spiro atoms. The van der Waals surface area contributed by atoms with Crippen LogP contribution in [0.1, 0.15) is 46.5 Å². The molecular weight excluding hydrogens is 234 g/mol. The van der Waals surface area contributed by atoms with Gasteiger partial charge in [0.1, 0.15) is 0 Å². The molecule has 2 rings (SSSR count). The molecule has 19 heavy (non-hydrogen) atoms. The Bertz CT molecular complexity index is 268. The van der Waals surface area contributed by atoms with E-state index in [4.69, 9.17) is 0 Å². The van der Waals surface area contributed by atoms with E-state index in [0.29, 0.717) is 11.0 Å². The van der Waals surface area contributed by atoms with Gasteiger partial charge in [-0.25, -0.2) is 0 Å². The average Bonchev–Trinajstić information content (AvgIpc) is 2.77. The standard InChI is InChI=1S/C16H33N3/c1-15(2,3)19-11-9-18(10-12-19)14-16(13-17-4)7-5-6-8-16/h17H,5-14H2,1-4H3. The van der Waals surface area contributed by atoms with Crippen LogP contribution >= 0.6 is 0 Å². The molecule has 0 atom stereocenters. The lowest BCUT2D eigenvalue weighted by Crippen LogP contribution is -2.55. The van der Waals surface area contributed by atoms with Crippen LogP contribution in [0.25, 0.3) is 0 Å². The quantitative estimate of drug-likeness (QED) is 0.842. The average molecular weight is 267 g/mol. The first-order valence-electron chi connectivity index (χ1n) is 8.07. The third-order valence-electron chi connectivity index (χ3n) is 5.10. The molecule has 0 amide bonds. The molecule has 0 aromatic rings. The molecule has 0 aromatic heterocycles. The van der Waals surface area contributed by atoms with Crippen LogP contribution in [-0.2, 0) is 0 Å². The van der Waals surface area contributed by atoms with Crippen molar-refractivity contribution >= 4 is 0 Å². The normalized spacial score (nSPS) is 25.9. The largest absolute Gasteiger partial charge is 0.319 e. The van der Waals surface area contributed by atoms with Gasteiger partial charge in [-0.05, 0) is 46.1 Å². The lowest BCUT2D eigenvalue weighted by molar-refractivity contribution is 0.0404. The third kappa shape index (κ3) is 3.93. The highest BCUT2D eigenvalue weighted by Crippen LogP contribution is 2.38. The Morgan fingerprint density at radius 2 is 1.58 bits per heavy atom. The van der Waals surface area contributed by atoms with Crippen molar-refractivity contribution in [1.29, 1.82) is 0 Å². The monoisotopic (exact) mass is 267 g/mol. The van der Waals surface area contributed by atoms with E-state index in [2.05, 4.69) is 42.9 Å². The molecule has 3 nitrogen and oxygen atoms in total. The minimum absolute atomic E-state index is 0.335. The van der Waals surface area contributed by atoms with E-state index in [1.54, 1.807) is 0 Å². The van der Waals surface area contributed by atoms with Crippen LogP contribution in [0.5, 0.6) is 0 Å². The molecule has 1 heterocycles. The molecule has 2 aliphatic rings. The van der Waals surface area contributed by atoms with Crippen LogP contribution in [0.3, 0.4) is 0 Å². The van der Waals surface area contributed by atoms with Crippen molar-refractivity contribution in [2.24, 2.45) is 5.41 Å². The molecule has 1 N–H and O–H groups in total. The summed E-state index contributed by atoms with van der Waals surface area (Å²) < 4.78 is 0. The van der Waals surface area contributed by atoms with E-state index in [-0.39, 0.29) is 0 Å². The van der Waals surface area contributed by atoms with Gasteiger partial charge in [0.25, 0.3) is 0 Å². The first kappa shape index (κ1) is 15.3. The van der Waals surface area contributed by atoms with Gasteiger partial charge in [0.2, 0.25) is 0 Å². The molecule has 1 saturated carbocycles. The molecule has 0 aromatic carbocycles. The summed E-state index contributed by atoms with van der Waals surface area (Å²) in [4.78, 5) is 5.34. The zero-order chi connectivity index (χ0) is 13.9. The first-order chi connectivity index (χ1) is 8.95. The van der Waals surface area contributed by atoms with Crippen LogP contribution in [0.2, 0.25) is 0 Å². The fraction of sp³-hybridized carbons (Fsp3) is 1.00. The summed E-state index contributed by atoms with van der Waals surface area (Å²) in [6.07, 6.45) is 5.72. The molecular formula is C16H33N3. The maximum absolute atomic E-state index is 3.44. The molecule has 1 aliphatic heterocycles. The predicted molar refractivity (Wildman–Crippen MR) is 82.6 cm³/mol. The van der Waals surface area contributed by atoms with Crippen LogP contribution < -0.4 is 5.32 Å². The summed E-state index contributed by atoms with van der Waals surface area (Å²) in [5.74, 6) is 0. The van der Waals surface area contributed by atoms with E-state index in [1.165, 1.54) is 65.0 Å². The first-order valence-corrected chi connectivity index (χ1v) is 8.07. The SMILES string of the molecule is CNCC1(CN2CCN(C(C)(C)C)CC2)CCCC1. The van der Waals surface area contributed by atoms with Crippen molar-refractivity contribution in [2.75, 3.05) is 46.3 Å². The molecule has 3 heteroatoms. The number of piperazine rings is 1. The molecule has 0 radical (unpaired) electrons. The van der Waals surface area contributed by atoms with Crippen molar-refractivity contribution in [3.8, 4) is 0 Å². The van der Waals surface area contributed by atoms with Crippen molar-refractivity contribution < 1.29 is 0 Å². The molecule has 1 aliphatic carbocycles. The van der Waals surface area contributed by atoms with Crippen molar-refractivity contribution in [3.63, 3.8) is 0 Å². The highest BCUT2D eigenvalue weighted by Gasteiger charge is 2.36. The maximum atomic E-state index is 3.44. The minimum Gasteiger partial charge on any atom is -0.319 e. The fourth-order valence-corrected chi connectivity index (χ4v) is 3.94. The smallest absolute Gasteiger partial charge is 0.0126 e. The summed E-state index contributed by atoms with van der Waals surface area (Å²) >= 11 is 0. The van der Waals surface area contributed by atoms with Crippen LogP contribution in [0, 0.1) is 5.41 Å². The van der Waals surface area contributed by atoms with Gasteiger partial charge in [-0.2, -0.15) is 0 Å². The summed E-state index contributed by atoms with van der Waals surface area (Å²) in [5.41, 5.74) is 0.904. The highest BCUT2D eigenvalue weighted by atomic mass is 15.3. The van der Waals surface area contributed by atoms with E-state index >= 15 is 0 Å². The van der Waals surface area contributed by atoms with E-state index in [0.717, 1.165) is 0 Å². The molecule has 0 bridgehead atoms. The van der Waals surface area contributed by atoms with Gasteiger partial charge in [0, 0.05) is 44.8 Å². The van der Waals surface area contributed by atoms with Crippen molar-refractivity contribution in [1.82, 2.24) is 15.1 Å². The van der Waals surface area contributed by atoms with E-state index < -0.39 is 0 Å². The number of nitrogens with zero attached hydrogens (tertiary/aromatic N) is 2. The Labute approximate surface area is 119 Å². The molecule has 1 saturated heterocycles. The van der Waals surface area contributed by atoms with Crippen LogP contribution in [0.15, 0.2) is 0 Å². The Hall–Kier alpha value is -0.120. The lowest BCUT2D eigenvalue weighted by Gasteiger charge is -2.44. The van der Waals surface area contributed by atoms with Crippen LogP contribution in [-0.4, -0.2) is 61.7 Å². The Morgan fingerprint density at radius 1 is 1.00 bits per heavy atom. The van der Waals surface area contributed by atoms with E-state index in [9.17, 15) is 0 Å². The predicted octanol–water partition coefficient (Wildman–Crippen LogP) is 2.18. The van der Waals surface area contributed by atoms with Gasteiger partial charge in [-0.3, -0.25) is 4.90 Å². The number of nitrogens with one attached hydrogen (secondary N) is 1. The summed E-state index contributed by atoms with van der Waals surface area (Å²) in [5, 5.41) is 3.44. The van der Waals surface area contributed by atoms with Gasteiger partial charge in [0.15, 0.2) is 0 Å². The number of rotatable bonds is 4. The second kappa shape index (κ2) is 6.11. The molecule has 2 fully saturated rings. The van der Waals surface area contributed by atoms with Crippen LogP contribution in [0.4, 0.5) is 0 Å². The highest BCUT2D eigenvalue weighted by molar-refractivity contribution is 4.91. The Morgan fingerprint density at radius 3 is 2.05 bits per heavy atom. The fourth-order valence-electron chi connectivity index (χ4n) is 3.94. The Balaban J connectivity index is 1.84.